The molecule has 2 bridgehead atoms. The van der Waals surface area contributed by atoms with E-state index < -0.39 is 0 Å². The summed E-state index contributed by atoms with van der Waals surface area (Å²) in [5.74, 6) is 4.78. The van der Waals surface area contributed by atoms with Crippen molar-refractivity contribution < 1.29 is 5.11 Å². The minimum absolute atomic E-state index is 0.194. The van der Waals surface area contributed by atoms with Crippen LogP contribution in [-0.4, -0.2) is 10.7 Å². The van der Waals surface area contributed by atoms with Crippen LogP contribution in [0.1, 0.15) is 79.6 Å². The maximum atomic E-state index is 11.3. The summed E-state index contributed by atoms with van der Waals surface area (Å²) < 4.78 is 0. The van der Waals surface area contributed by atoms with Crippen molar-refractivity contribution >= 4 is 0 Å². The van der Waals surface area contributed by atoms with Crippen molar-refractivity contribution in [3.8, 4) is 0 Å². The average molecular weight is 305 g/mol. The largest absolute Gasteiger partial charge is 0.389 e. The van der Waals surface area contributed by atoms with Gasteiger partial charge in [0.2, 0.25) is 0 Å². The summed E-state index contributed by atoms with van der Waals surface area (Å²) in [6.45, 7) is 12.6. The van der Waals surface area contributed by atoms with Crippen LogP contribution < -0.4 is 0 Å². The molecule has 22 heavy (non-hydrogen) atoms. The second kappa shape index (κ2) is 4.52. The van der Waals surface area contributed by atoms with Gasteiger partial charge in [-0.25, -0.2) is 0 Å². The van der Waals surface area contributed by atoms with E-state index in [4.69, 9.17) is 0 Å². The van der Waals surface area contributed by atoms with Gasteiger partial charge in [0.15, 0.2) is 0 Å². The standard InChI is InChI=1S/C21H36O/c1-13-6-7-15-11-18-14(2)10-16-12-21(16,22)20(18,5)9-8-17(13)19(15,3)4/h13-18,22H,6-12H2,1-5H3/t13-,14-,15+,16?,17+,18-,20+,21?/m1/s1. The molecule has 126 valence electrons. The lowest BCUT2D eigenvalue weighted by molar-refractivity contribution is -0.133. The van der Waals surface area contributed by atoms with E-state index >= 15 is 0 Å². The van der Waals surface area contributed by atoms with Gasteiger partial charge in [0, 0.05) is 0 Å². The maximum Gasteiger partial charge on any atom is 0.0736 e. The Kier molecular flexibility index (Phi) is 3.18. The van der Waals surface area contributed by atoms with Crippen molar-refractivity contribution in [2.45, 2.75) is 85.2 Å². The lowest BCUT2D eigenvalue weighted by atomic mass is 9.48. The fraction of sp³-hybridized carbons (Fsp3) is 1.00. The zero-order valence-corrected chi connectivity index (χ0v) is 15.4. The molecule has 0 spiro atoms. The highest BCUT2D eigenvalue weighted by atomic mass is 16.3. The monoisotopic (exact) mass is 304 g/mol. The molecular weight excluding hydrogens is 268 g/mol. The summed E-state index contributed by atoms with van der Waals surface area (Å²) in [7, 11) is 0. The van der Waals surface area contributed by atoms with Crippen LogP contribution in [-0.2, 0) is 0 Å². The minimum atomic E-state index is -0.302. The van der Waals surface area contributed by atoms with Gasteiger partial charge in [-0.15, -0.1) is 0 Å². The lowest BCUT2D eigenvalue weighted by Crippen LogP contribution is -2.53. The van der Waals surface area contributed by atoms with Gasteiger partial charge in [-0.1, -0.05) is 41.0 Å². The van der Waals surface area contributed by atoms with Crippen LogP contribution in [0.3, 0.4) is 0 Å². The topological polar surface area (TPSA) is 20.2 Å². The maximum absolute atomic E-state index is 11.3. The summed E-state index contributed by atoms with van der Waals surface area (Å²) in [5, 5.41) is 11.3. The second-order valence-corrected chi connectivity index (χ2v) is 10.5. The van der Waals surface area contributed by atoms with Crippen LogP contribution in [0.25, 0.3) is 0 Å². The molecule has 4 aliphatic rings. The van der Waals surface area contributed by atoms with Crippen LogP contribution in [0.4, 0.5) is 0 Å². The second-order valence-electron chi connectivity index (χ2n) is 10.5. The highest BCUT2D eigenvalue weighted by Crippen LogP contribution is 2.70. The van der Waals surface area contributed by atoms with Gasteiger partial charge >= 0.3 is 0 Å². The molecule has 2 unspecified atom stereocenters. The zero-order chi connectivity index (χ0) is 15.9. The Labute approximate surface area is 137 Å². The zero-order valence-electron chi connectivity index (χ0n) is 15.4. The lowest BCUT2D eigenvalue weighted by Gasteiger charge is -2.58. The van der Waals surface area contributed by atoms with E-state index in [1.165, 1.54) is 38.5 Å². The Bertz CT molecular complexity index is 469. The van der Waals surface area contributed by atoms with Gasteiger partial charge in [-0.05, 0) is 84.9 Å². The fourth-order valence-electron chi connectivity index (χ4n) is 7.66. The molecule has 0 aliphatic heterocycles. The summed E-state index contributed by atoms with van der Waals surface area (Å²) in [6, 6.07) is 0. The molecule has 8 atom stereocenters. The first-order chi connectivity index (χ1) is 10.2. The Balaban J connectivity index is 1.71. The van der Waals surface area contributed by atoms with E-state index in [2.05, 4.69) is 34.6 Å². The van der Waals surface area contributed by atoms with Gasteiger partial charge in [0.05, 0.1) is 5.60 Å². The van der Waals surface area contributed by atoms with Crippen molar-refractivity contribution in [1.29, 1.82) is 0 Å². The van der Waals surface area contributed by atoms with E-state index in [-0.39, 0.29) is 11.0 Å². The predicted molar refractivity (Wildman–Crippen MR) is 91.4 cm³/mol. The molecule has 4 rings (SSSR count). The number of fused-ring (bicyclic) bond motifs is 5. The molecule has 1 heteroatoms. The molecule has 0 aromatic heterocycles. The van der Waals surface area contributed by atoms with Gasteiger partial charge < -0.3 is 5.11 Å². The molecule has 0 saturated heterocycles. The molecule has 0 amide bonds. The SMILES string of the molecule is C[C@@H]1CC2CC2(O)[C@@]2(C)CC[C@H]3[C@H](C)CC[C@@H](C[C@H]12)C3(C)C. The molecule has 0 radical (unpaired) electrons. The molecule has 4 aliphatic carbocycles. The molecule has 1 nitrogen and oxygen atoms in total. The normalized spacial score (nSPS) is 59.7. The van der Waals surface area contributed by atoms with E-state index in [0.29, 0.717) is 11.3 Å². The Morgan fingerprint density at radius 2 is 1.55 bits per heavy atom. The number of hydrogen-bond acceptors (Lipinski definition) is 1. The van der Waals surface area contributed by atoms with E-state index in [1.807, 2.05) is 0 Å². The smallest absolute Gasteiger partial charge is 0.0736 e. The first-order valence-electron chi connectivity index (χ1n) is 9.92. The summed E-state index contributed by atoms with van der Waals surface area (Å²) in [6.07, 6.45) is 9.22. The number of hydrogen-bond donors (Lipinski definition) is 1. The molecular formula is C21H36O. The highest BCUT2D eigenvalue weighted by molar-refractivity contribution is 5.20. The van der Waals surface area contributed by atoms with E-state index in [1.54, 1.807) is 0 Å². The first-order valence-corrected chi connectivity index (χ1v) is 9.92. The van der Waals surface area contributed by atoms with Crippen LogP contribution in [0.2, 0.25) is 0 Å². The van der Waals surface area contributed by atoms with Crippen LogP contribution in [0.15, 0.2) is 0 Å². The minimum Gasteiger partial charge on any atom is -0.389 e. The third-order valence-electron chi connectivity index (χ3n) is 9.40. The third kappa shape index (κ3) is 1.81. The highest BCUT2D eigenvalue weighted by Gasteiger charge is 2.70. The van der Waals surface area contributed by atoms with Gasteiger partial charge in [0.1, 0.15) is 0 Å². The van der Waals surface area contributed by atoms with Crippen molar-refractivity contribution in [2.24, 2.45) is 46.3 Å². The van der Waals surface area contributed by atoms with Crippen LogP contribution >= 0.6 is 0 Å². The summed E-state index contributed by atoms with van der Waals surface area (Å²) >= 11 is 0. The van der Waals surface area contributed by atoms with Crippen molar-refractivity contribution in [3.05, 3.63) is 0 Å². The van der Waals surface area contributed by atoms with E-state index in [9.17, 15) is 5.11 Å². The quantitative estimate of drug-likeness (QED) is 0.646. The molecule has 4 fully saturated rings. The first kappa shape index (κ1) is 15.5. The van der Waals surface area contributed by atoms with Gasteiger partial charge in [-0.3, -0.25) is 0 Å². The molecule has 0 heterocycles. The fourth-order valence-corrected chi connectivity index (χ4v) is 7.66. The molecule has 4 saturated carbocycles. The van der Waals surface area contributed by atoms with Crippen molar-refractivity contribution in [2.75, 3.05) is 0 Å². The predicted octanol–water partition coefficient (Wildman–Crippen LogP) is 5.27. The number of aliphatic hydroxyl groups is 1. The number of rotatable bonds is 0. The van der Waals surface area contributed by atoms with Crippen molar-refractivity contribution in [3.63, 3.8) is 0 Å². The Morgan fingerprint density at radius 1 is 0.818 bits per heavy atom. The van der Waals surface area contributed by atoms with Gasteiger partial charge in [-0.2, -0.15) is 0 Å². The Hall–Kier alpha value is -0.0400. The average Bonchev–Trinajstić information content (AvgIpc) is 3.08. The molecule has 1 N–H and O–H groups in total. The summed E-state index contributed by atoms with van der Waals surface area (Å²) in [5.41, 5.74) is 0.393. The molecule has 0 aromatic rings. The van der Waals surface area contributed by atoms with Crippen LogP contribution in [0, 0.1) is 46.3 Å². The van der Waals surface area contributed by atoms with Crippen molar-refractivity contribution in [1.82, 2.24) is 0 Å². The van der Waals surface area contributed by atoms with Crippen LogP contribution in [0.5, 0.6) is 0 Å². The van der Waals surface area contributed by atoms with E-state index in [0.717, 1.165) is 36.0 Å². The van der Waals surface area contributed by atoms with Gasteiger partial charge in [0.25, 0.3) is 0 Å². The summed E-state index contributed by atoms with van der Waals surface area (Å²) in [4.78, 5) is 0. The third-order valence-corrected chi connectivity index (χ3v) is 9.40. The molecule has 0 aromatic carbocycles. The Morgan fingerprint density at radius 3 is 2.27 bits per heavy atom.